The number of H-pyrrole nitrogens is 1. The minimum absolute atomic E-state index is 0.00461. The zero-order valence-corrected chi connectivity index (χ0v) is 12.5. The van der Waals surface area contributed by atoms with Gasteiger partial charge < -0.3 is 10.2 Å². The van der Waals surface area contributed by atoms with Gasteiger partial charge in [-0.2, -0.15) is 5.10 Å². The van der Waals surface area contributed by atoms with Crippen LogP contribution in [0.1, 0.15) is 25.0 Å². The Morgan fingerprint density at radius 2 is 2.05 bits per heavy atom. The normalized spacial score (nSPS) is 13.9. The quantitative estimate of drug-likeness (QED) is 0.761. The monoisotopic (exact) mass is 306 g/mol. The Bertz CT molecular complexity index is 586. The third-order valence-electron chi connectivity index (χ3n) is 3.13. The van der Waals surface area contributed by atoms with E-state index in [1.54, 1.807) is 0 Å². The zero-order valence-electron chi connectivity index (χ0n) is 11.7. The fourth-order valence-corrected chi connectivity index (χ4v) is 2.69. The number of aliphatic hydroxyl groups excluding tert-OH is 2. The van der Waals surface area contributed by atoms with Crippen LogP contribution in [0, 0.1) is 0 Å². The number of hydrogen-bond acceptors (Lipinski definition) is 5. The number of aromatic nitrogens is 2. The number of hydrogen-bond donors (Lipinski definition) is 3. The Labute approximate surface area is 127 Å². The van der Waals surface area contributed by atoms with Crippen LogP contribution in [0.3, 0.4) is 0 Å². The predicted octanol–water partition coefficient (Wildman–Crippen LogP) is 2.14. The summed E-state index contributed by atoms with van der Waals surface area (Å²) in [4.78, 5) is 10.9. The van der Waals surface area contributed by atoms with Crippen LogP contribution in [0.15, 0.2) is 36.5 Å². The number of rotatable bonds is 6. The molecule has 0 radical (unpaired) electrons. The Morgan fingerprint density at radius 3 is 2.71 bits per heavy atom. The van der Waals surface area contributed by atoms with Gasteiger partial charge in [-0.3, -0.25) is 9.89 Å². The summed E-state index contributed by atoms with van der Waals surface area (Å²) in [6, 6.07) is 9.51. The van der Waals surface area contributed by atoms with Gasteiger partial charge in [0.25, 0.3) is 0 Å². The number of nitrogens with zero attached hydrogens (tertiary/aromatic N) is 1. The first-order valence-electron chi connectivity index (χ1n) is 6.67. The van der Waals surface area contributed by atoms with Gasteiger partial charge in [-0.25, -0.2) is 0 Å². The first kappa shape index (κ1) is 15.8. The van der Waals surface area contributed by atoms with E-state index in [-0.39, 0.29) is 5.12 Å². The van der Waals surface area contributed by atoms with Gasteiger partial charge in [-0.05, 0) is 12.0 Å². The number of carbonyl (C=O) groups excluding carboxylic acids is 1. The van der Waals surface area contributed by atoms with E-state index in [2.05, 4.69) is 10.2 Å². The molecule has 2 aromatic rings. The summed E-state index contributed by atoms with van der Waals surface area (Å²) in [6.07, 6.45) is -0.109. The molecule has 5 nitrogen and oxygen atoms in total. The van der Waals surface area contributed by atoms with Crippen LogP contribution >= 0.6 is 11.8 Å². The van der Waals surface area contributed by atoms with Crippen LogP contribution in [-0.2, 0) is 4.79 Å². The van der Waals surface area contributed by atoms with Crippen LogP contribution in [0.5, 0.6) is 0 Å². The molecule has 0 bridgehead atoms. The zero-order chi connectivity index (χ0) is 15.2. The SMILES string of the molecule is CC(=O)SCCC(O)C(O)c1cn[nH]c1-c1ccccc1. The molecule has 1 aromatic carbocycles. The lowest BCUT2D eigenvalue weighted by atomic mass is 10.00. The smallest absolute Gasteiger partial charge is 0.185 e. The predicted molar refractivity (Wildman–Crippen MR) is 82.7 cm³/mol. The van der Waals surface area contributed by atoms with E-state index >= 15 is 0 Å². The Kier molecular flexibility index (Phi) is 5.55. The largest absolute Gasteiger partial charge is 0.390 e. The highest BCUT2D eigenvalue weighted by atomic mass is 32.2. The molecule has 2 rings (SSSR count). The number of aliphatic hydroxyl groups is 2. The first-order chi connectivity index (χ1) is 10.1. The molecule has 6 heteroatoms. The van der Waals surface area contributed by atoms with Gasteiger partial charge >= 0.3 is 0 Å². The molecule has 1 heterocycles. The molecule has 0 aliphatic carbocycles. The van der Waals surface area contributed by atoms with Gasteiger partial charge in [0.05, 0.1) is 18.0 Å². The van der Waals surface area contributed by atoms with E-state index in [0.717, 1.165) is 17.3 Å². The molecule has 3 N–H and O–H groups in total. The molecule has 2 unspecified atom stereocenters. The third-order valence-corrected chi connectivity index (χ3v) is 3.98. The van der Waals surface area contributed by atoms with Crippen molar-refractivity contribution in [3.05, 3.63) is 42.1 Å². The van der Waals surface area contributed by atoms with Crippen LogP contribution in [0.2, 0.25) is 0 Å². The van der Waals surface area contributed by atoms with Crippen molar-refractivity contribution in [1.29, 1.82) is 0 Å². The summed E-state index contributed by atoms with van der Waals surface area (Å²) in [5.74, 6) is 0.478. The first-order valence-corrected chi connectivity index (χ1v) is 7.66. The lowest BCUT2D eigenvalue weighted by Crippen LogP contribution is -2.19. The Morgan fingerprint density at radius 1 is 1.33 bits per heavy atom. The van der Waals surface area contributed by atoms with Crippen molar-refractivity contribution in [3.63, 3.8) is 0 Å². The van der Waals surface area contributed by atoms with Crippen LogP contribution in [-0.4, -0.2) is 37.4 Å². The highest BCUT2D eigenvalue weighted by Gasteiger charge is 2.23. The summed E-state index contributed by atoms with van der Waals surface area (Å²) in [5, 5.41) is 27.1. The number of thioether (sulfide) groups is 1. The summed E-state index contributed by atoms with van der Waals surface area (Å²) in [6.45, 7) is 1.48. The van der Waals surface area contributed by atoms with Crippen LogP contribution in [0.4, 0.5) is 0 Å². The Hall–Kier alpha value is -1.63. The number of aromatic amines is 1. The van der Waals surface area contributed by atoms with Gasteiger partial charge in [0.15, 0.2) is 5.12 Å². The highest BCUT2D eigenvalue weighted by molar-refractivity contribution is 8.13. The molecule has 0 saturated heterocycles. The van der Waals surface area contributed by atoms with E-state index in [4.69, 9.17) is 0 Å². The summed E-state index contributed by atoms with van der Waals surface area (Å²) in [5.41, 5.74) is 2.15. The van der Waals surface area contributed by atoms with Crippen molar-refractivity contribution >= 4 is 16.9 Å². The average Bonchev–Trinajstić information content (AvgIpc) is 2.96. The van der Waals surface area contributed by atoms with Gasteiger partial charge in [0.1, 0.15) is 6.10 Å². The molecule has 0 amide bonds. The maximum Gasteiger partial charge on any atom is 0.185 e. The highest BCUT2D eigenvalue weighted by Crippen LogP contribution is 2.29. The second-order valence-corrected chi connectivity index (χ2v) is 5.98. The third kappa shape index (κ3) is 4.17. The molecule has 1 aromatic heterocycles. The fraction of sp³-hybridized carbons (Fsp3) is 0.333. The van der Waals surface area contributed by atoms with Crippen LogP contribution in [0.25, 0.3) is 11.3 Å². The molecule has 0 aliphatic heterocycles. The van der Waals surface area contributed by atoms with Gasteiger partial charge in [-0.1, -0.05) is 42.1 Å². The standard InChI is InChI=1S/C15H18N2O3S/c1-10(18)21-8-7-13(19)15(20)12-9-16-17-14(12)11-5-3-2-4-6-11/h2-6,9,13,15,19-20H,7-8H2,1H3,(H,16,17). The van der Waals surface area contributed by atoms with Gasteiger partial charge in [0.2, 0.25) is 0 Å². The fourth-order valence-electron chi connectivity index (χ4n) is 2.04. The molecular formula is C15H18N2O3S. The molecule has 0 saturated carbocycles. The van der Waals surface area contributed by atoms with Crippen molar-refractivity contribution in [2.45, 2.75) is 25.6 Å². The van der Waals surface area contributed by atoms with E-state index in [0.29, 0.717) is 23.4 Å². The number of benzene rings is 1. The molecule has 0 aliphatic rings. The van der Waals surface area contributed by atoms with Gasteiger partial charge in [-0.15, -0.1) is 0 Å². The molecular weight excluding hydrogens is 288 g/mol. The molecule has 2 atom stereocenters. The summed E-state index contributed by atoms with van der Waals surface area (Å²) >= 11 is 1.14. The lowest BCUT2D eigenvalue weighted by molar-refractivity contribution is -0.109. The van der Waals surface area contributed by atoms with Crippen molar-refractivity contribution in [3.8, 4) is 11.3 Å². The van der Waals surface area contributed by atoms with E-state index in [1.807, 2.05) is 30.3 Å². The molecule has 0 fully saturated rings. The molecule has 21 heavy (non-hydrogen) atoms. The van der Waals surface area contributed by atoms with Crippen molar-refractivity contribution in [2.75, 3.05) is 5.75 Å². The second-order valence-electron chi connectivity index (χ2n) is 4.71. The number of carbonyl (C=O) groups is 1. The topological polar surface area (TPSA) is 86.2 Å². The van der Waals surface area contributed by atoms with E-state index in [1.165, 1.54) is 13.1 Å². The van der Waals surface area contributed by atoms with Crippen LogP contribution < -0.4 is 0 Å². The van der Waals surface area contributed by atoms with Crippen molar-refractivity contribution in [2.24, 2.45) is 0 Å². The minimum Gasteiger partial charge on any atom is -0.390 e. The lowest BCUT2D eigenvalue weighted by Gasteiger charge is -2.17. The average molecular weight is 306 g/mol. The number of nitrogens with one attached hydrogen (secondary N) is 1. The molecule has 0 spiro atoms. The van der Waals surface area contributed by atoms with Crippen molar-refractivity contribution in [1.82, 2.24) is 10.2 Å². The summed E-state index contributed by atoms with van der Waals surface area (Å²) < 4.78 is 0. The minimum atomic E-state index is -1.04. The summed E-state index contributed by atoms with van der Waals surface area (Å²) in [7, 11) is 0. The van der Waals surface area contributed by atoms with E-state index in [9.17, 15) is 15.0 Å². The van der Waals surface area contributed by atoms with Crippen molar-refractivity contribution < 1.29 is 15.0 Å². The van der Waals surface area contributed by atoms with E-state index < -0.39 is 12.2 Å². The maximum atomic E-state index is 10.9. The molecule has 112 valence electrons. The van der Waals surface area contributed by atoms with Gasteiger partial charge in [0, 0.05) is 18.2 Å². The Balaban J connectivity index is 2.08. The second kappa shape index (κ2) is 7.40. The maximum absolute atomic E-state index is 10.9.